The fraction of sp³-hybridized carbons (Fsp3) is 0.125. The Morgan fingerprint density at radius 1 is 1.19 bits per heavy atom. The second-order valence-corrected chi connectivity index (χ2v) is 7.42. The van der Waals surface area contributed by atoms with Crippen molar-refractivity contribution in [2.45, 2.75) is 12.7 Å². The van der Waals surface area contributed by atoms with E-state index in [-0.39, 0.29) is 22.9 Å². The third kappa shape index (κ3) is 3.52. The lowest BCUT2D eigenvalue weighted by Crippen LogP contribution is -2.14. The molecule has 6 nitrogen and oxygen atoms in total. The molecule has 1 aromatic carbocycles. The average Bonchev–Trinajstić information content (AvgIpc) is 3.21. The highest BCUT2D eigenvalue weighted by atomic mass is 79.9. The predicted octanol–water partition coefficient (Wildman–Crippen LogP) is 4.34. The Morgan fingerprint density at radius 3 is 2.67 bits per heavy atom. The smallest absolute Gasteiger partial charge is 0.413 e. The van der Waals surface area contributed by atoms with Crippen LogP contribution in [0, 0.1) is 0 Å². The lowest BCUT2D eigenvalue weighted by molar-refractivity contribution is -0.156. The largest absolute Gasteiger partial charge is 0.470 e. The normalized spacial score (nSPS) is 12.0. The van der Waals surface area contributed by atoms with Crippen LogP contribution in [0.1, 0.15) is 11.6 Å². The molecular formula is C16H8BrF3N4O2S. The van der Waals surface area contributed by atoms with Crippen LogP contribution >= 0.6 is 27.3 Å². The van der Waals surface area contributed by atoms with E-state index < -0.39 is 12.1 Å². The molecule has 0 aliphatic heterocycles. The van der Waals surface area contributed by atoms with Crippen molar-refractivity contribution < 1.29 is 17.6 Å². The minimum Gasteiger partial charge on any atom is -0.413 e. The maximum Gasteiger partial charge on any atom is 0.470 e. The average molecular weight is 457 g/mol. The number of fused-ring (bicyclic) bond motifs is 1. The minimum atomic E-state index is -4.70. The van der Waals surface area contributed by atoms with Crippen molar-refractivity contribution in [3.05, 3.63) is 62.3 Å². The summed E-state index contributed by atoms with van der Waals surface area (Å²) >= 11 is 4.50. The molecule has 0 saturated heterocycles. The van der Waals surface area contributed by atoms with Gasteiger partial charge in [-0.25, -0.2) is 0 Å². The fourth-order valence-corrected chi connectivity index (χ4v) is 3.89. The van der Waals surface area contributed by atoms with Crippen molar-refractivity contribution in [3.8, 4) is 11.5 Å². The van der Waals surface area contributed by atoms with Crippen LogP contribution in [0.4, 0.5) is 13.2 Å². The zero-order valence-corrected chi connectivity index (χ0v) is 15.6. The SMILES string of the molecule is O=c1sc2cc(Br)ccc2n1Cc1ccc(-c2nnc(C(F)(F)F)o2)cn1. The first kappa shape index (κ1) is 17.9. The number of pyridine rings is 1. The highest BCUT2D eigenvalue weighted by Gasteiger charge is 2.38. The highest BCUT2D eigenvalue weighted by Crippen LogP contribution is 2.30. The predicted molar refractivity (Wildman–Crippen MR) is 95.4 cm³/mol. The summed E-state index contributed by atoms with van der Waals surface area (Å²) in [4.78, 5) is 16.3. The van der Waals surface area contributed by atoms with Gasteiger partial charge in [0.1, 0.15) is 0 Å². The number of hydrogen-bond donors (Lipinski definition) is 0. The molecule has 4 rings (SSSR count). The van der Waals surface area contributed by atoms with Gasteiger partial charge < -0.3 is 4.42 Å². The zero-order valence-electron chi connectivity index (χ0n) is 13.2. The molecule has 0 atom stereocenters. The van der Waals surface area contributed by atoms with E-state index in [1.165, 1.54) is 12.3 Å². The summed E-state index contributed by atoms with van der Waals surface area (Å²) in [7, 11) is 0. The monoisotopic (exact) mass is 456 g/mol. The molecule has 3 heterocycles. The fourth-order valence-electron chi connectivity index (χ4n) is 2.45. The lowest BCUT2D eigenvalue weighted by Gasteiger charge is -2.04. The van der Waals surface area contributed by atoms with Crippen LogP contribution in [-0.4, -0.2) is 19.7 Å². The Kier molecular flexibility index (Phi) is 4.35. The van der Waals surface area contributed by atoms with E-state index in [9.17, 15) is 18.0 Å². The number of nitrogens with zero attached hydrogens (tertiary/aromatic N) is 4. The van der Waals surface area contributed by atoms with Crippen LogP contribution in [0.25, 0.3) is 21.7 Å². The number of thiazole rings is 1. The summed E-state index contributed by atoms with van der Waals surface area (Å²) < 4.78 is 45.5. The molecular weight excluding hydrogens is 449 g/mol. The van der Waals surface area contributed by atoms with Gasteiger partial charge in [0.15, 0.2) is 0 Å². The van der Waals surface area contributed by atoms with Crippen LogP contribution in [-0.2, 0) is 12.7 Å². The van der Waals surface area contributed by atoms with Crippen molar-refractivity contribution in [2.75, 3.05) is 0 Å². The minimum absolute atomic E-state index is 0.124. The number of benzene rings is 1. The van der Waals surface area contributed by atoms with E-state index in [4.69, 9.17) is 0 Å². The van der Waals surface area contributed by atoms with E-state index >= 15 is 0 Å². The lowest BCUT2D eigenvalue weighted by atomic mass is 10.2. The second kappa shape index (κ2) is 6.57. The third-order valence-corrected chi connectivity index (χ3v) is 5.12. The molecule has 0 aliphatic rings. The van der Waals surface area contributed by atoms with Crippen LogP contribution < -0.4 is 4.87 Å². The summed E-state index contributed by atoms with van der Waals surface area (Å²) in [6.45, 7) is 0.235. The zero-order chi connectivity index (χ0) is 19.2. The van der Waals surface area contributed by atoms with E-state index in [0.717, 1.165) is 26.0 Å². The van der Waals surface area contributed by atoms with E-state index in [1.54, 1.807) is 10.6 Å². The highest BCUT2D eigenvalue weighted by molar-refractivity contribution is 9.10. The maximum absolute atomic E-state index is 12.5. The molecule has 0 N–H and O–H groups in total. The van der Waals surface area contributed by atoms with Crippen molar-refractivity contribution >= 4 is 37.5 Å². The van der Waals surface area contributed by atoms with Gasteiger partial charge in [-0.1, -0.05) is 27.3 Å². The van der Waals surface area contributed by atoms with Gasteiger partial charge in [0.25, 0.3) is 0 Å². The Morgan fingerprint density at radius 2 is 2.00 bits per heavy atom. The first-order valence-corrected chi connectivity index (χ1v) is 9.07. The second-order valence-electron chi connectivity index (χ2n) is 5.51. The topological polar surface area (TPSA) is 73.8 Å². The van der Waals surface area contributed by atoms with E-state index in [1.807, 2.05) is 18.2 Å². The molecule has 0 amide bonds. The number of hydrogen-bond acceptors (Lipinski definition) is 6. The van der Waals surface area contributed by atoms with Gasteiger partial charge in [0, 0.05) is 10.7 Å². The van der Waals surface area contributed by atoms with Gasteiger partial charge in [-0.3, -0.25) is 14.3 Å². The summed E-state index contributed by atoms with van der Waals surface area (Å²) in [5.41, 5.74) is 1.61. The third-order valence-electron chi connectivity index (χ3n) is 3.69. The first-order chi connectivity index (χ1) is 12.8. The van der Waals surface area contributed by atoms with Crippen molar-refractivity contribution in [1.29, 1.82) is 0 Å². The van der Waals surface area contributed by atoms with Crippen LogP contribution in [0.15, 0.2) is 50.2 Å². The number of alkyl halides is 3. The number of rotatable bonds is 3. The van der Waals surface area contributed by atoms with Crippen LogP contribution in [0.3, 0.4) is 0 Å². The van der Waals surface area contributed by atoms with Crippen molar-refractivity contribution in [1.82, 2.24) is 19.7 Å². The number of halogens is 4. The molecule has 11 heteroatoms. The van der Waals surface area contributed by atoms with Gasteiger partial charge >= 0.3 is 16.9 Å². The molecule has 0 fully saturated rings. The van der Waals surface area contributed by atoms with Crippen molar-refractivity contribution in [2.24, 2.45) is 0 Å². The van der Waals surface area contributed by atoms with Gasteiger partial charge in [-0.15, -0.1) is 10.2 Å². The summed E-state index contributed by atoms with van der Waals surface area (Å²) in [6, 6.07) is 8.66. The molecule has 0 unspecified atom stereocenters. The van der Waals surface area contributed by atoms with Gasteiger partial charge in [-0.2, -0.15) is 13.2 Å². The van der Waals surface area contributed by atoms with Gasteiger partial charge in [0.05, 0.1) is 28.0 Å². The molecule has 27 heavy (non-hydrogen) atoms. The summed E-state index contributed by atoms with van der Waals surface area (Å²) in [5, 5.41) is 6.37. The Hall–Kier alpha value is -2.53. The quantitative estimate of drug-likeness (QED) is 0.458. The molecule has 0 aliphatic carbocycles. The summed E-state index contributed by atoms with van der Waals surface area (Å²) in [5.74, 6) is -1.69. The van der Waals surface area contributed by atoms with Crippen LogP contribution in [0.5, 0.6) is 0 Å². The maximum atomic E-state index is 12.5. The summed E-state index contributed by atoms with van der Waals surface area (Å²) in [6.07, 6.45) is -3.37. The molecule has 0 saturated carbocycles. The van der Waals surface area contributed by atoms with Gasteiger partial charge in [0.2, 0.25) is 5.89 Å². The van der Waals surface area contributed by atoms with Crippen LogP contribution in [0.2, 0.25) is 0 Å². The number of aromatic nitrogens is 4. The van der Waals surface area contributed by atoms with Crippen molar-refractivity contribution in [3.63, 3.8) is 0 Å². The molecule has 0 radical (unpaired) electrons. The Balaban J connectivity index is 1.61. The molecule has 0 spiro atoms. The first-order valence-electron chi connectivity index (χ1n) is 7.46. The van der Waals surface area contributed by atoms with Gasteiger partial charge in [-0.05, 0) is 30.3 Å². The Labute approximate surface area is 161 Å². The Bertz CT molecular complexity index is 1180. The molecule has 4 aromatic rings. The van der Waals surface area contributed by atoms with E-state index in [0.29, 0.717) is 5.69 Å². The molecule has 0 bridgehead atoms. The molecule has 3 aromatic heterocycles. The van der Waals surface area contributed by atoms with E-state index in [2.05, 4.69) is 35.5 Å². The molecule has 138 valence electrons. The standard InChI is InChI=1S/C16H8BrF3N4O2S/c17-9-2-4-11-12(5-9)27-15(25)24(11)7-10-3-1-8(6-21-10)13-22-23-14(26-13)16(18,19)20/h1-6H,7H2.